The van der Waals surface area contributed by atoms with Gasteiger partial charge in [-0.15, -0.1) is 11.3 Å². The molecule has 118 valence electrons. The third-order valence-corrected chi connectivity index (χ3v) is 4.68. The summed E-state index contributed by atoms with van der Waals surface area (Å²) in [5, 5.41) is 5.99. The summed E-state index contributed by atoms with van der Waals surface area (Å²) in [6.07, 6.45) is 0.272. The van der Waals surface area contributed by atoms with Gasteiger partial charge in [0.25, 0.3) is 0 Å². The van der Waals surface area contributed by atoms with E-state index in [0.717, 1.165) is 4.88 Å². The largest absolute Gasteiger partial charge is 0.386 e. The van der Waals surface area contributed by atoms with E-state index in [1.54, 1.807) is 30.3 Å². The molecule has 1 aliphatic rings. The van der Waals surface area contributed by atoms with E-state index in [1.807, 2.05) is 17.5 Å². The normalized spacial score (nSPS) is 13.0. The van der Waals surface area contributed by atoms with Crippen molar-refractivity contribution in [3.05, 3.63) is 63.8 Å². The monoisotopic (exact) mass is 337 g/mol. The number of carbonyl (C=O) groups excluding carboxylic acids is 3. The van der Waals surface area contributed by atoms with E-state index in [0.29, 0.717) is 22.0 Å². The minimum absolute atomic E-state index is 0.166. The van der Waals surface area contributed by atoms with Crippen molar-refractivity contribution in [1.82, 2.24) is 0 Å². The zero-order chi connectivity index (χ0) is 16.7. The van der Waals surface area contributed by atoms with E-state index in [4.69, 9.17) is 4.74 Å². The molecule has 4 rings (SSSR count). The number of anilines is 1. The van der Waals surface area contributed by atoms with Gasteiger partial charge >= 0.3 is 11.9 Å². The van der Waals surface area contributed by atoms with Crippen molar-refractivity contribution in [1.29, 1.82) is 0 Å². The molecule has 0 atom stereocenters. The summed E-state index contributed by atoms with van der Waals surface area (Å²) in [6, 6.07) is 12.2. The lowest BCUT2D eigenvalue weighted by molar-refractivity contribution is -0.115. The second-order valence-electron chi connectivity index (χ2n) is 5.41. The highest BCUT2D eigenvalue weighted by molar-refractivity contribution is 7.10. The second-order valence-corrected chi connectivity index (χ2v) is 6.44. The zero-order valence-electron chi connectivity index (χ0n) is 12.4. The van der Waals surface area contributed by atoms with Crippen molar-refractivity contribution in [3.63, 3.8) is 0 Å². The second kappa shape index (κ2) is 5.58. The molecule has 0 unspecified atom stereocenters. The fourth-order valence-electron chi connectivity index (χ4n) is 2.80. The number of benzene rings is 2. The number of hydrogen-bond acceptors (Lipinski definition) is 5. The smallest absolute Gasteiger partial charge is 0.346 e. The van der Waals surface area contributed by atoms with E-state index in [2.05, 4.69) is 5.32 Å². The van der Waals surface area contributed by atoms with Crippen LogP contribution < -0.4 is 5.32 Å². The molecule has 0 saturated carbocycles. The summed E-state index contributed by atoms with van der Waals surface area (Å²) < 4.78 is 4.76. The van der Waals surface area contributed by atoms with Crippen molar-refractivity contribution in [2.24, 2.45) is 0 Å². The van der Waals surface area contributed by atoms with Crippen LogP contribution in [0, 0.1) is 0 Å². The molecule has 3 aromatic rings. The average Bonchev–Trinajstić information content (AvgIpc) is 3.05. The van der Waals surface area contributed by atoms with E-state index in [9.17, 15) is 14.4 Å². The first-order chi connectivity index (χ1) is 11.6. The molecule has 2 aromatic carbocycles. The summed E-state index contributed by atoms with van der Waals surface area (Å²) in [6.45, 7) is 0. The molecule has 0 radical (unpaired) electrons. The van der Waals surface area contributed by atoms with Crippen molar-refractivity contribution in [2.45, 2.75) is 6.42 Å². The molecule has 24 heavy (non-hydrogen) atoms. The molecule has 2 heterocycles. The lowest BCUT2D eigenvalue weighted by atomic mass is 9.96. The number of rotatable bonds is 3. The standard InChI is InChI=1S/C18H11NO4S/c20-15(9-12-4-2-6-24-12)19-11-7-10-3-1-5-13-16(10)14(8-11)18(22)23-17(13)21/h1-8H,9H2,(H,19,20). The van der Waals surface area contributed by atoms with Crippen LogP contribution in [0.4, 0.5) is 5.69 Å². The van der Waals surface area contributed by atoms with E-state index < -0.39 is 11.9 Å². The van der Waals surface area contributed by atoms with Gasteiger partial charge in [-0.3, -0.25) is 4.79 Å². The van der Waals surface area contributed by atoms with Gasteiger partial charge < -0.3 is 10.1 Å². The van der Waals surface area contributed by atoms with E-state index in [-0.39, 0.29) is 17.9 Å². The van der Waals surface area contributed by atoms with Crippen LogP contribution in [0.15, 0.2) is 47.8 Å². The lowest BCUT2D eigenvalue weighted by Gasteiger charge is -2.17. The van der Waals surface area contributed by atoms with Crippen molar-refractivity contribution < 1.29 is 19.1 Å². The highest BCUT2D eigenvalue weighted by atomic mass is 32.1. The Morgan fingerprint density at radius 3 is 2.67 bits per heavy atom. The number of carbonyl (C=O) groups is 3. The maximum atomic E-state index is 12.2. The fourth-order valence-corrected chi connectivity index (χ4v) is 3.51. The molecule has 0 fully saturated rings. The van der Waals surface area contributed by atoms with Gasteiger partial charge in [0, 0.05) is 16.0 Å². The Labute approximate surface area is 140 Å². The number of ether oxygens (including phenoxy) is 1. The molecular weight excluding hydrogens is 326 g/mol. The minimum atomic E-state index is -0.696. The Kier molecular flexibility index (Phi) is 3.39. The summed E-state index contributed by atoms with van der Waals surface area (Å²) >= 11 is 1.51. The third kappa shape index (κ3) is 2.47. The van der Waals surface area contributed by atoms with Gasteiger partial charge in [0.15, 0.2) is 0 Å². The first-order valence-electron chi connectivity index (χ1n) is 7.27. The Morgan fingerprint density at radius 1 is 1.04 bits per heavy atom. The number of esters is 2. The first-order valence-corrected chi connectivity index (χ1v) is 8.15. The number of thiophene rings is 1. The summed E-state index contributed by atoms with van der Waals surface area (Å²) in [7, 11) is 0. The highest BCUT2D eigenvalue weighted by Crippen LogP contribution is 2.31. The summed E-state index contributed by atoms with van der Waals surface area (Å²) in [4.78, 5) is 36.9. The molecule has 1 aromatic heterocycles. The Bertz CT molecular complexity index is 992. The van der Waals surface area contributed by atoms with Crippen LogP contribution >= 0.6 is 11.3 Å². The van der Waals surface area contributed by atoms with Crippen LogP contribution in [-0.4, -0.2) is 17.8 Å². The maximum Gasteiger partial charge on any atom is 0.346 e. The van der Waals surface area contributed by atoms with Gasteiger partial charge in [-0.2, -0.15) is 0 Å². The van der Waals surface area contributed by atoms with Crippen molar-refractivity contribution in [3.8, 4) is 0 Å². The predicted octanol–water partition coefficient (Wildman–Crippen LogP) is 3.39. The van der Waals surface area contributed by atoms with Gasteiger partial charge in [0.05, 0.1) is 17.5 Å². The van der Waals surface area contributed by atoms with Crippen molar-refractivity contribution >= 4 is 45.6 Å². The van der Waals surface area contributed by atoms with Crippen LogP contribution in [0.25, 0.3) is 10.8 Å². The minimum Gasteiger partial charge on any atom is -0.386 e. The Morgan fingerprint density at radius 2 is 1.88 bits per heavy atom. The fraction of sp³-hybridized carbons (Fsp3) is 0.0556. The molecule has 1 N–H and O–H groups in total. The molecule has 0 bridgehead atoms. The van der Waals surface area contributed by atoms with Crippen molar-refractivity contribution in [2.75, 3.05) is 5.32 Å². The topological polar surface area (TPSA) is 72.5 Å². The van der Waals surface area contributed by atoms with Gasteiger partial charge in [-0.25, -0.2) is 9.59 Å². The lowest BCUT2D eigenvalue weighted by Crippen LogP contribution is -2.20. The Balaban J connectivity index is 1.72. The van der Waals surface area contributed by atoms with E-state index >= 15 is 0 Å². The van der Waals surface area contributed by atoms with Crippen LogP contribution in [0.3, 0.4) is 0 Å². The molecule has 6 heteroatoms. The van der Waals surface area contributed by atoms with Crippen LogP contribution in [0.1, 0.15) is 25.6 Å². The number of amides is 1. The number of cyclic esters (lactones) is 2. The molecule has 0 spiro atoms. The van der Waals surface area contributed by atoms with Gasteiger partial charge in [0.1, 0.15) is 0 Å². The first kappa shape index (κ1) is 14.6. The average molecular weight is 337 g/mol. The van der Waals surface area contributed by atoms with E-state index in [1.165, 1.54) is 11.3 Å². The number of nitrogens with one attached hydrogen (secondary N) is 1. The predicted molar refractivity (Wildman–Crippen MR) is 90.3 cm³/mol. The van der Waals surface area contributed by atoms with Gasteiger partial charge in [-0.1, -0.05) is 18.2 Å². The van der Waals surface area contributed by atoms with Crippen LogP contribution in [-0.2, 0) is 16.0 Å². The molecule has 0 saturated heterocycles. The molecular formula is C18H11NO4S. The van der Waals surface area contributed by atoms with Crippen LogP contribution in [0.5, 0.6) is 0 Å². The molecule has 5 nitrogen and oxygen atoms in total. The highest BCUT2D eigenvalue weighted by Gasteiger charge is 2.27. The molecule has 1 amide bonds. The maximum absolute atomic E-state index is 12.2. The van der Waals surface area contributed by atoms with Gasteiger partial charge in [0.2, 0.25) is 5.91 Å². The Hall–Kier alpha value is -2.99. The summed E-state index contributed by atoms with van der Waals surface area (Å²) in [5.41, 5.74) is 1.15. The third-order valence-electron chi connectivity index (χ3n) is 3.80. The quantitative estimate of drug-likeness (QED) is 0.587. The van der Waals surface area contributed by atoms with Gasteiger partial charge in [-0.05, 0) is 35.0 Å². The molecule has 1 aliphatic heterocycles. The molecule has 0 aliphatic carbocycles. The van der Waals surface area contributed by atoms with Crippen LogP contribution in [0.2, 0.25) is 0 Å². The summed E-state index contributed by atoms with van der Waals surface area (Å²) in [5.74, 6) is -1.51. The number of hydrogen-bond donors (Lipinski definition) is 1. The zero-order valence-corrected chi connectivity index (χ0v) is 13.2. The SMILES string of the molecule is O=C(Cc1cccs1)Nc1cc2c3c(cccc3c1)C(=O)OC2=O.